The summed E-state index contributed by atoms with van der Waals surface area (Å²) in [6.07, 6.45) is 0. The van der Waals surface area contributed by atoms with Crippen LogP contribution in [0.2, 0.25) is 5.02 Å². The van der Waals surface area contributed by atoms with Crippen LogP contribution in [0.1, 0.15) is 11.1 Å². The molecular weight excluding hydrogens is 348 g/mol. The van der Waals surface area contributed by atoms with Crippen molar-refractivity contribution in [1.29, 1.82) is 5.26 Å². The minimum Gasteiger partial charge on any atom is -0.369 e. The number of nitrogens with one attached hydrogen (secondary N) is 1. The Morgan fingerprint density at radius 1 is 1.19 bits per heavy atom. The number of aryl methyl sites for hydroxylation is 1. The molecule has 1 amide bonds. The van der Waals surface area contributed by atoms with Crippen molar-refractivity contribution in [3.8, 4) is 6.07 Å². The summed E-state index contributed by atoms with van der Waals surface area (Å²) in [4.78, 5) is 16.7. The quantitative estimate of drug-likeness (QED) is 0.899. The molecule has 0 bridgehead atoms. The average molecular weight is 369 g/mol. The number of benzene rings is 2. The molecule has 134 valence electrons. The highest BCUT2D eigenvalue weighted by molar-refractivity contribution is 6.30. The highest BCUT2D eigenvalue weighted by Crippen LogP contribution is 2.25. The second-order valence-corrected chi connectivity index (χ2v) is 6.84. The Kier molecular flexibility index (Phi) is 5.77. The second-order valence-electron chi connectivity index (χ2n) is 6.40. The van der Waals surface area contributed by atoms with Crippen molar-refractivity contribution in [1.82, 2.24) is 4.90 Å². The number of anilines is 2. The van der Waals surface area contributed by atoms with Crippen LogP contribution >= 0.6 is 11.6 Å². The number of hydrogen-bond acceptors (Lipinski definition) is 4. The van der Waals surface area contributed by atoms with Gasteiger partial charge < -0.3 is 10.2 Å². The van der Waals surface area contributed by atoms with Crippen molar-refractivity contribution in [2.24, 2.45) is 0 Å². The number of nitrogens with zero attached hydrogens (tertiary/aromatic N) is 3. The van der Waals surface area contributed by atoms with Crippen LogP contribution in [0, 0.1) is 18.3 Å². The molecule has 2 aromatic carbocycles. The van der Waals surface area contributed by atoms with Gasteiger partial charge in [0.2, 0.25) is 5.91 Å². The van der Waals surface area contributed by atoms with Crippen LogP contribution in [0.15, 0.2) is 42.5 Å². The number of rotatable bonds is 4. The monoisotopic (exact) mass is 368 g/mol. The van der Waals surface area contributed by atoms with E-state index in [4.69, 9.17) is 16.9 Å². The SMILES string of the molecule is Cc1ccc(Cl)cc1N1CCN(CC(=O)Nc2ccccc2C#N)CC1. The molecule has 0 spiro atoms. The molecule has 6 heteroatoms. The van der Waals surface area contributed by atoms with E-state index in [0.29, 0.717) is 17.8 Å². The zero-order valence-electron chi connectivity index (χ0n) is 14.7. The summed E-state index contributed by atoms with van der Waals surface area (Å²) in [5.74, 6) is -0.0971. The van der Waals surface area contributed by atoms with Crippen LogP contribution in [0.25, 0.3) is 0 Å². The van der Waals surface area contributed by atoms with Crippen LogP contribution in [-0.2, 0) is 4.79 Å². The molecule has 1 saturated heterocycles. The minimum absolute atomic E-state index is 0.0971. The van der Waals surface area contributed by atoms with E-state index < -0.39 is 0 Å². The van der Waals surface area contributed by atoms with E-state index in [1.54, 1.807) is 18.2 Å². The fourth-order valence-electron chi connectivity index (χ4n) is 3.15. The van der Waals surface area contributed by atoms with Crippen LogP contribution in [0.4, 0.5) is 11.4 Å². The van der Waals surface area contributed by atoms with Gasteiger partial charge in [-0.3, -0.25) is 9.69 Å². The Balaban J connectivity index is 1.55. The Morgan fingerprint density at radius 2 is 1.92 bits per heavy atom. The number of nitriles is 1. The van der Waals surface area contributed by atoms with Gasteiger partial charge in [0, 0.05) is 36.9 Å². The first-order valence-corrected chi connectivity index (χ1v) is 8.97. The number of para-hydroxylation sites is 1. The number of carbonyl (C=O) groups is 1. The summed E-state index contributed by atoms with van der Waals surface area (Å²) in [6.45, 7) is 5.71. The smallest absolute Gasteiger partial charge is 0.238 e. The molecule has 3 rings (SSSR count). The maximum Gasteiger partial charge on any atom is 0.238 e. The van der Waals surface area contributed by atoms with Crippen LogP contribution < -0.4 is 10.2 Å². The maximum absolute atomic E-state index is 12.3. The van der Waals surface area contributed by atoms with Gasteiger partial charge in [-0.25, -0.2) is 0 Å². The molecule has 1 fully saturated rings. The van der Waals surface area contributed by atoms with Gasteiger partial charge in [0.25, 0.3) is 0 Å². The van der Waals surface area contributed by atoms with Gasteiger partial charge in [0.05, 0.1) is 17.8 Å². The summed E-state index contributed by atoms with van der Waals surface area (Å²) in [5.41, 5.74) is 3.40. The third kappa shape index (κ3) is 4.34. The Morgan fingerprint density at radius 3 is 2.65 bits per heavy atom. The number of halogens is 1. The molecule has 26 heavy (non-hydrogen) atoms. The third-order valence-electron chi connectivity index (χ3n) is 4.57. The molecule has 2 aromatic rings. The molecule has 1 aliphatic heterocycles. The predicted octanol–water partition coefficient (Wildman–Crippen LogP) is 3.28. The van der Waals surface area contributed by atoms with Crippen molar-refractivity contribution in [3.63, 3.8) is 0 Å². The normalized spacial score (nSPS) is 14.7. The standard InChI is InChI=1S/C20H21ClN4O/c1-15-6-7-17(21)12-19(15)25-10-8-24(9-11-25)14-20(26)23-18-5-3-2-4-16(18)13-22/h2-7,12H,8-11,14H2,1H3,(H,23,26). The molecule has 0 atom stereocenters. The lowest BCUT2D eigenvalue weighted by atomic mass is 10.1. The predicted molar refractivity (Wildman–Crippen MR) is 105 cm³/mol. The summed E-state index contributed by atoms with van der Waals surface area (Å²) in [5, 5.41) is 12.7. The van der Waals surface area contributed by atoms with E-state index in [2.05, 4.69) is 28.1 Å². The van der Waals surface area contributed by atoms with Crippen LogP contribution in [-0.4, -0.2) is 43.5 Å². The van der Waals surface area contributed by atoms with Gasteiger partial charge in [0.15, 0.2) is 0 Å². The fourth-order valence-corrected chi connectivity index (χ4v) is 3.32. The molecule has 5 nitrogen and oxygen atoms in total. The molecule has 1 N–H and O–H groups in total. The summed E-state index contributed by atoms with van der Waals surface area (Å²) >= 11 is 6.12. The van der Waals surface area contributed by atoms with E-state index >= 15 is 0 Å². The van der Waals surface area contributed by atoms with Crippen molar-refractivity contribution in [2.75, 3.05) is 42.9 Å². The zero-order valence-corrected chi connectivity index (χ0v) is 15.5. The summed E-state index contributed by atoms with van der Waals surface area (Å²) in [7, 11) is 0. The summed E-state index contributed by atoms with van der Waals surface area (Å²) in [6, 6.07) is 15.1. The van der Waals surface area contributed by atoms with Gasteiger partial charge in [-0.15, -0.1) is 0 Å². The zero-order chi connectivity index (χ0) is 18.5. The maximum atomic E-state index is 12.3. The lowest BCUT2D eigenvalue weighted by Crippen LogP contribution is -2.48. The highest BCUT2D eigenvalue weighted by atomic mass is 35.5. The third-order valence-corrected chi connectivity index (χ3v) is 4.81. The van der Waals surface area contributed by atoms with Crippen molar-refractivity contribution in [3.05, 3.63) is 58.6 Å². The van der Waals surface area contributed by atoms with E-state index in [-0.39, 0.29) is 5.91 Å². The number of piperazine rings is 1. The number of amides is 1. The first-order valence-electron chi connectivity index (χ1n) is 8.59. The molecule has 1 heterocycles. The highest BCUT2D eigenvalue weighted by Gasteiger charge is 2.20. The molecule has 0 unspecified atom stereocenters. The van der Waals surface area contributed by atoms with Gasteiger partial charge in [-0.2, -0.15) is 5.26 Å². The van der Waals surface area contributed by atoms with Gasteiger partial charge >= 0.3 is 0 Å². The van der Waals surface area contributed by atoms with E-state index in [0.717, 1.165) is 36.9 Å². The molecule has 0 aromatic heterocycles. The fraction of sp³-hybridized carbons (Fsp3) is 0.300. The van der Waals surface area contributed by atoms with Crippen LogP contribution in [0.3, 0.4) is 0 Å². The van der Waals surface area contributed by atoms with Crippen LogP contribution in [0.5, 0.6) is 0 Å². The molecule has 1 aliphatic rings. The Hall–Kier alpha value is -2.55. The molecular formula is C20H21ClN4O. The van der Waals surface area contributed by atoms with E-state index in [1.165, 1.54) is 5.56 Å². The lowest BCUT2D eigenvalue weighted by Gasteiger charge is -2.36. The number of hydrogen-bond donors (Lipinski definition) is 1. The summed E-state index contributed by atoms with van der Waals surface area (Å²) < 4.78 is 0. The lowest BCUT2D eigenvalue weighted by molar-refractivity contribution is -0.117. The minimum atomic E-state index is -0.0971. The molecule has 0 saturated carbocycles. The van der Waals surface area contributed by atoms with E-state index in [9.17, 15) is 4.79 Å². The van der Waals surface area contributed by atoms with Crippen molar-refractivity contribution >= 4 is 28.9 Å². The topological polar surface area (TPSA) is 59.4 Å². The van der Waals surface area contributed by atoms with Crippen molar-refractivity contribution in [2.45, 2.75) is 6.92 Å². The van der Waals surface area contributed by atoms with Gasteiger partial charge in [-0.1, -0.05) is 29.8 Å². The largest absolute Gasteiger partial charge is 0.369 e. The van der Waals surface area contributed by atoms with Gasteiger partial charge in [0.1, 0.15) is 6.07 Å². The number of carbonyl (C=O) groups excluding carboxylic acids is 1. The molecule has 0 aliphatic carbocycles. The second kappa shape index (κ2) is 8.22. The Labute approximate surface area is 158 Å². The Bertz CT molecular complexity index is 838. The average Bonchev–Trinajstić information content (AvgIpc) is 2.65. The molecule has 0 radical (unpaired) electrons. The first-order chi connectivity index (χ1) is 12.6. The van der Waals surface area contributed by atoms with Gasteiger partial charge in [-0.05, 0) is 36.8 Å². The van der Waals surface area contributed by atoms with Crippen molar-refractivity contribution < 1.29 is 4.79 Å². The first kappa shape index (κ1) is 18.2. The van der Waals surface area contributed by atoms with E-state index in [1.807, 2.05) is 24.3 Å².